The first kappa shape index (κ1) is 14.7. The minimum absolute atomic E-state index is 0.612. The third kappa shape index (κ3) is 2.82. The van der Waals surface area contributed by atoms with Gasteiger partial charge in [-0.1, -0.05) is 91.0 Å². The fraction of sp³-hybridized carbons (Fsp3) is 0.0435. The van der Waals surface area contributed by atoms with Crippen LogP contribution in [-0.4, -0.2) is 5.11 Å². The lowest BCUT2D eigenvalue weighted by Gasteiger charge is -2.13. The van der Waals surface area contributed by atoms with E-state index in [0.717, 1.165) is 22.1 Å². The largest absolute Gasteiger partial charge is 0.384 e. The summed E-state index contributed by atoms with van der Waals surface area (Å²) < 4.78 is 0. The van der Waals surface area contributed by atoms with E-state index in [2.05, 4.69) is 48.5 Å². The molecule has 1 N–H and O–H groups in total. The van der Waals surface area contributed by atoms with Crippen molar-refractivity contribution in [2.45, 2.75) is 6.10 Å². The summed E-state index contributed by atoms with van der Waals surface area (Å²) in [5.74, 6) is 0. The summed E-state index contributed by atoms with van der Waals surface area (Å²) in [5, 5.41) is 13.0. The first-order valence-corrected chi connectivity index (χ1v) is 8.13. The van der Waals surface area contributed by atoms with Crippen molar-refractivity contribution in [3.05, 3.63) is 108 Å². The standard InChI is InChI=1S/C23H18O/c24-23(22-15-12-18-8-4-5-9-21(18)16-22)20-13-10-19(11-14-20)17-6-2-1-3-7-17/h1-16,23-24H. The highest BCUT2D eigenvalue weighted by Crippen LogP contribution is 2.27. The van der Waals surface area contributed by atoms with Crippen molar-refractivity contribution in [3.63, 3.8) is 0 Å². The zero-order valence-electron chi connectivity index (χ0n) is 13.3. The molecular formula is C23H18O. The highest BCUT2D eigenvalue weighted by atomic mass is 16.3. The van der Waals surface area contributed by atoms with E-state index in [9.17, 15) is 5.11 Å². The molecule has 1 nitrogen and oxygen atoms in total. The topological polar surface area (TPSA) is 20.2 Å². The molecule has 4 aromatic rings. The van der Waals surface area contributed by atoms with E-state index in [4.69, 9.17) is 0 Å². The number of hydrogen-bond donors (Lipinski definition) is 1. The van der Waals surface area contributed by atoms with Crippen LogP contribution in [0.4, 0.5) is 0 Å². The second-order valence-electron chi connectivity index (χ2n) is 6.00. The molecule has 0 heterocycles. The molecule has 116 valence electrons. The van der Waals surface area contributed by atoms with Crippen LogP contribution in [0.25, 0.3) is 21.9 Å². The van der Waals surface area contributed by atoms with E-state index >= 15 is 0 Å². The summed E-state index contributed by atoms with van der Waals surface area (Å²) in [7, 11) is 0. The zero-order valence-corrected chi connectivity index (χ0v) is 13.3. The Bertz CT molecular complexity index is 956. The monoisotopic (exact) mass is 310 g/mol. The molecule has 0 saturated carbocycles. The fourth-order valence-corrected chi connectivity index (χ4v) is 3.06. The van der Waals surface area contributed by atoms with E-state index in [1.54, 1.807) is 0 Å². The van der Waals surface area contributed by atoms with Gasteiger partial charge in [0.25, 0.3) is 0 Å². The normalized spacial score (nSPS) is 12.2. The number of fused-ring (bicyclic) bond motifs is 1. The molecule has 0 radical (unpaired) electrons. The molecule has 0 bridgehead atoms. The van der Waals surface area contributed by atoms with E-state index in [1.165, 1.54) is 10.9 Å². The van der Waals surface area contributed by atoms with Crippen LogP contribution < -0.4 is 0 Å². The van der Waals surface area contributed by atoms with Crippen LogP contribution in [0.5, 0.6) is 0 Å². The molecular weight excluding hydrogens is 292 g/mol. The van der Waals surface area contributed by atoms with E-state index < -0.39 is 6.10 Å². The molecule has 4 aromatic carbocycles. The molecule has 24 heavy (non-hydrogen) atoms. The van der Waals surface area contributed by atoms with Gasteiger partial charge >= 0.3 is 0 Å². The van der Waals surface area contributed by atoms with E-state index in [1.807, 2.05) is 48.5 Å². The molecule has 4 rings (SSSR count). The predicted octanol–water partition coefficient (Wildman–Crippen LogP) is 5.59. The number of benzene rings is 4. The Kier molecular flexibility index (Phi) is 3.86. The fourth-order valence-electron chi connectivity index (χ4n) is 3.06. The average molecular weight is 310 g/mol. The van der Waals surface area contributed by atoms with Gasteiger partial charge in [0.15, 0.2) is 0 Å². The smallest absolute Gasteiger partial charge is 0.104 e. The van der Waals surface area contributed by atoms with Crippen LogP contribution in [0, 0.1) is 0 Å². The molecule has 0 aliphatic rings. The van der Waals surface area contributed by atoms with Crippen molar-refractivity contribution in [2.24, 2.45) is 0 Å². The molecule has 1 heteroatoms. The molecule has 0 fully saturated rings. The highest BCUT2D eigenvalue weighted by Gasteiger charge is 2.11. The summed E-state index contributed by atoms with van der Waals surface area (Å²) in [4.78, 5) is 0. The Morgan fingerprint density at radius 1 is 0.500 bits per heavy atom. The summed E-state index contributed by atoms with van der Waals surface area (Å²) in [6.45, 7) is 0. The Morgan fingerprint density at radius 2 is 1.08 bits per heavy atom. The van der Waals surface area contributed by atoms with Crippen molar-refractivity contribution in [1.29, 1.82) is 0 Å². The Balaban J connectivity index is 1.64. The molecule has 0 spiro atoms. The number of hydrogen-bond acceptors (Lipinski definition) is 1. The van der Waals surface area contributed by atoms with Gasteiger partial charge < -0.3 is 5.11 Å². The average Bonchev–Trinajstić information content (AvgIpc) is 2.68. The van der Waals surface area contributed by atoms with Crippen LogP contribution in [0.2, 0.25) is 0 Å². The molecule has 0 amide bonds. The van der Waals surface area contributed by atoms with E-state index in [0.29, 0.717) is 0 Å². The number of aliphatic hydroxyl groups is 1. The van der Waals surface area contributed by atoms with Gasteiger partial charge in [-0.3, -0.25) is 0 Å². The first-order valence-electron chi connectivity index (χ1n) is 8.13. The van der Waals surface area contributed by atoms with Gasteiger partial charge in [0.05, 0.1) is 0 Å². The quantitative estimate of drug-likeness (QED) is 0.523. The predicted molar refractivity (Wildman–Crippen MR) is 99.9 cm³/mol. The van der Waals surface area contributed by atoms with Gasteiger partial charge in [0.1, 0.15) is 6.10 Å². The number of aliphatic hydroxyl groups excluding tert-OH is 1. The third-order valence-corrected chi connectivity index (χ3v) is 4.42. The van der Waals surface area contributed by atoms with Crippen molar-refractivity contribution in [1.82, 2.24) is 0 Å². The van der Waals surface area contributed by atoms with Crippen molar-refractivity contribution < 1.29 is 5.11 Å². The first-order chi connectivity index (χ1) is 11.8. The molecule has 0 saturated heterocycles. The van der Waals surface area contributed by atoms with Crippen LogP contribution in [-0.2, 0) is 0 Å². The van der Waals surface area contributed by atoms with Gasteiger partial charge in [-0.25, -0.2) is 0 Å². The lowest BCUT2D eigenvalue weighted by molar-refractivity contribution is 0.220. The number of rotatable bonds is 3. The van der Waals surface area contributed by atoms with Gasteiger partial charge in [-0.05, 0) is 39.1 Å². The minimum Gasteiger partial charge on any atom is -0.384 e. The maximum Gasteiger partial charge on any atom is 0.104 e. The van der Waals surface area contributed by atoms with Crippen molar-refractivity contribution in [2.75, 3.05) is 0 Å². The van der Waals surface area contributed by atoms with Gasteiger partial charge in [0, 0.05) is 0 Å². The van der Waals surface area contributed by atoms with Crippen LogP contribution in [0.1, 0.15) is 17.2 Å². The maximum atomic E-state index is 10.7. The minimum atomic E-state index is -0.612. The summed E-state index contributed by atoms with van der Waals surface area (Å²) in [5.41, 5.74) is 4.17. The Labute approximate surface area is 141 Å². The second kappa shape index (κ2) is 6.31. The van der Waals surface area contributed by atoms with Crippen molar-refractivity contribution >= 4 is 10.8 Å². The lowest BCUT2D eigenvalue weighted by Crippen LogP contribution is -1.99. The second-order valence-corrected chi connectivity index (χ2v) is 6.00. The molecule has 0 aromatic heterocycles. The van der Waals surface area contributed by atoms with Crippen LogP contribution in [0.3, 0.4) is 0 Å². The van der Waals surface area contributed by atoms with Gasteiger partial charge in [-0.2, -0.15) is 0 Å². The van der Waals surface area contributed by atoms with Gasteiger partial charge in [0.2, 0.25) is 0 Å². The van der Waals surface area contributed by atoms with Crippen molar-refractivity contribution in [3.8, 4) is 11.1 Å². The Hall–Kier alpha value is -2.90. The molecule has 1 unspecified atom stereocenters. The van der Waals surface area contributed by atoms with Gasteiger partial charge in [-0.15, -0.1) is 0 Å². The molecule has 0 aliphatic carbocycles. The van der Waals surface area contributed by atoms with Crippen LogP contribution >= 0.6 is 0 Å². The summed E-state index contributed by atoms with van der Waals surface area (Å²) in [6, 6.07) is 32.7. The Morgan fingerprint density at radius 3 is 1.83 bits per heavy atom. The third-order valence-electron chi connectivity index (χ3n) is 4.42. The van der Waals surface area contributed by atoms with E-state index in [-0.39, 0.29) is 0 Å². The zero-order chi connectivity index (χ0) is 16.4. The lowest BCUT2D eigenvalue weighted by atomic mass is 9.96. The maximum absolute atomic E-state index is 10.7. The highest BCUT2D eigenvalue weighted by molar-refractivity contribution is 5.83. The molecule has 1 atom stereocenters. The summed E-state index contributed by atoms with van der Waals surface area (Å²) >= 11 is 0. The SMILES string of the molecule is OC(c1ccc(-c2ccccc2)cc1)c1ccc2ccccc2c1. The summed E-state index contributed by atoms with van der Waals surface area (Å²) in [6.07, 6.45) is -0.612. The van der Waals surface area contributed by atoms with Crippen LogP contribution in [0.15, 0.2) is 97.1 Å². The molecule has 0 aliphatic heterocycles.